The molecule has 0 saturated heterocycles. The standard InChI is InChI=1S/C14H20ClNO/c1-10(2)9-17-16-12-7-11(8-12)13-5-3-4-6-14(13)15/h3-6,10-12,16H,7-9H2,1-2H3. The molecule has 0 amide bonds. The van der Waals surface area contributed by atoms with E-state index < -0.39 is 0 Å². The van der Waals surface area contributed by atoms with Crippen LogP contribution in [-0.4, -0.2) is 12.6 Å². The molecule has 0 bridgehead atoms. The van der Waals surface area contributed by atoms with Gasteiger partial charge in [0.25, 0.3) is 0 Å². The first kappa shape index (κ1) is 12.9. The van der Waals surface area contributed by atoms with E-state index >= 15 is 0 Å². The summed E-state index contributed by atoms with van der Waals surface area (Å²) in [5.74, 6) is 1.16. The fraction of sp³-hybridized carbons (Fsp3) is 0.571. The fourth-order valence-electron chi connectivity index (χ4n) is 2.11. The number of hydrogen-bond acceptors (Lipinski definition) is 2. The summed E-state index contributed by atoms with van der Waals surface area (Å²) in [5, 5.41) is 0.888. The second-order valence-electron chi connectivity index (χ2n) is 5.21. The maximum atomic E-state index is 6.17. The molecule has 0 heterocycles. The molecule has 0 atom stereocenters. The summed E-state index contributed by atoms with van der Waals surface area (Å²) in [6.45, 7) is 5.07. The first-order valence-electron chi connectivity index (χ1n) is 6.28. The molecule has 2 nitrogen and oxygen atoms in total. The number of benzene rings is 1. The lowest BCUT2D eigenvalue weighted by Crippen LogP contribution is -2.40. The molecule has 1 aliphatic rings. The number of halogens is 1. The summed E-state index contributed by atoms with van der Waals surface area (Å²) in [6.07, 6.45) is 2.23. The van der Waals surface area contributed by atoms with E-state index in [4.69, 9.17) is 16.4 Å². The van der Waals surface area contributed by atoms with E-state index in [1.165, 1.54) is 5.56 Å². The Balaban J connectivity index is 1.74. The van der Waals surface area contributed by atoms with Crippen LogP contribution in [0.5, 0.6) is 0 Å². The van der Waals surface area contributed by atoms with E-state index in [1.807, 2.05) is 12.1 Å². The highest BCUT2D eigenvalue weighted by Gasteiger charge is 2.31. The number of hydrogen-bond donors (Lipinski definition) is 1. The number of nitrogens with one attached hydrogen (secondary N) is 1. The Hall–Kier alpha value is -0.570. The van der Waals surface area contributed by atoms with Crippen molar-refractivity contribution in [2.45, 2.75) is 38.6 Å². The van der Waals surface area contributed by atoms with Gasteiger partial charge in [0.05, 0.1) is 6.61 Å². The summed E-state index contributed by atoms with van der Waals surface area (Å²) < 4.78 is 0. The molecule has 1 saturated carbocycles. The Morgan fingerprint density at radius 1 is 1.35 bits per heavy atom. The van der Waals surface area contributed by atoms with Crippen molar-refractivity contribution >= 4 is 11.6 Å². The third kappa shape index (κ3) is 3.44. The van der Waals surface area contributed by atoms with Crippen LogP contribution in [0.2, 0.25) is 5.02 Å². The Morgan fingerprint density at radius 2 is 2.06 bits per heavy atom. The second-order valence-corrected chi connectivity index (χ2v) is 5.62. The van der Waals surface area contributed by atoms with Gasteiger partial charge in [-0.25, -0.2) is 0 Å². The van der Waals surface area contributed by atoms with E-state index in [-0.39, 0.29) is 0 Å². The van der Waals surface area contributed by atoms with Crippen molar-refractivity contribution in [1.29, 1.82) is 0 Å². The highest BCUT2D eigenvalue weighted by molar-refractivity contribution is 6.31. The van der Waals surface area contributed by atoms with Gasteiger partial charge in [-0.1, -0.05) is 43.6 Å². The van der Waals surface area contributed by atoms with Crippen LogP contribution < -0.4 is 5.48 Å². The van der Waals surface area contributed by atoms with Gasteiger partial charge in [-0.3, -0.25) is 0 Å². The Labute approximate surface area is 108 Å². The van der Waals surface area contributed by atoms with E-state index in [2.05, 4.69) is 31.5 Å². The van der Waals surface area contributed by atoms with E-state index in [0.29, 0.717) is 17.9 Å². The van der Waals surface area contributed by atoms with E-state index in [1.54, 1.807) is 0 Å². The van der Waals surface area contributed by atoms with Crippen molar-refractivity contribution < 1.29 is 4.84 Å². The quantitative estimate of drug-likeness (QED) is 0.807. The van der Waals surface area contributed by atoms with Crippen molar-refractivity contribution in [3.8, 4) is 0 Å². The summed E-state index contributed by atoms with van der Waals surface area (Å²) in [4.78, 5) is 5.43. The van der Waals surface area contributed by atoms with Crippen molar-refractivity contribution in [2.24, 2.45) is 5.92 Å². The fourth-order valence-corrected chi connectivity index (χ4v) is 2.40. The van der Waals surface area contributed by atoms with Gasteiger partial charge in [-0.15, -0.1) is 0 Å². The van der Waals surface area contributed by atoms with Gasteiger partial charge in [0.2, 0.25) is 0 Å². The van der Waals surface area contributed by atoms with Gasteiger partial charge < -0.3 is 4.84 Å². The highest BCUT2D eigenvalue weighted by Crippen LogP contribution is 2.39. The topological polar surface area (TPSA) is 21.3 Å². The summed E-state index contributed by atoms with van der Waals surface area (Å²) in [5.41, 5.74) is 4.40. The molecule has 1 aliphatic carbocycles. The van der Waals surface area contributed by atoms with Gasteiger partial charge in [-0.05, 0) is 36.3 Å². The van der Waals surface area contributed by atoms with Crippen molar-refractivity contribution in [2.75, 3.05) is 6.61 Å². The first-order chi connectivity index (χ1) is 8.16. The largest absolute Gasteiger partial charge is 0.301 e. The second kappa shape index (κ2) is 5.85. The molecule has 0 spiro atoms. The molecule has 1 aromatic carbocycles. The molecular weight excluding hydrogens is 234 g/mol. The van der Waals surface area contributed by atoms with Crippen molar-refractivity contribution in [3.05, 3.63) is 34.9 Å². The minimum Gasteiger partial charge on any atom is -0.301 e. The van der Waals surface area contributed by atoms with Crippen LogP contribution >= 0.6 is 11.6 Å². The molecule has 0 aliphatic heterocycles. The molecule has 3 heteroatoms. The highest BCUT2D eigenvalue weighted by atomic mass is 35.5. The predicted octanol–water partition coefficient (Wildman–Crippen LogP) is 3.76. The molecule has 94 valence electrons. The number of rotatable bonds is 5. The molecule has 0 radical (unpaired) electrons. The lowest BCUT2D eigenvalue weighted by molar-refractivity contribution is -0.0212. The predicted molar refractivity (Wildman–Crippen MR) is 71.1 cm³/mol. The lowest BCUT2D eigenvalue weighted by Gasteiger charge is -2.36. The molecular formula is C14H20ClNO. The Bertz CT molecular complexity index is 361. The van der Waals surface area contributed by atoms with Gasteiger partial charge in [0.1, 0.15) is 0 Å². The molecule has 1 aromatic rings. The van der Waals surface area contributed by atoms with E-state index in [9.17, 15) is 0 Å². The zero-order valence-corrected chi connectivity index (χ0v) is 11.2. The first-order valence-corrected chi connectivity index (χ1v) is 6.66. The van der Waals surface area contributed by atoms with Crippen LogP contribution in [0.25, 0.3) is 0 Å². The summed E-state index contributed by atoms with van der Waals surface area (Å²) in [6, 6.07) is 8.60. The molecule has 17 heavy (non-hydrogen) atoms. The lowest BCUT2D eigenvalue weighted by atomic mass is 9.76. The third-order valence-corrected chi connectivity index (χ3v) is 3.49. The molecule has 0 aromatic heterocycles. The number of hydroxylamine groups is 1. The van der Waals surface area contributed by atoms with Gasteiger partial charge in [0, 0.05) is 11.1 Å². The van der Waals surface area contributed by atoms with Crippen LogP contribution in [-0.2, 0) is 4.84 Å². The van der Waals surface area contributed by atoms with Gasteiger partial charge >= 0.3 is 0 Å². The zero-order chi connectivity index (χ0) is 12.3. The van der Waals surface area contributed by atoms with Gasteiger partial charge in [0.15, 0.2) is 0 Å². The molecule has 1 N–H and O–H groups in total. The minimum absolute atomic E-state index is 0.482. The third-order valence-electron chi connectivity index (χ3n) is 3.15. The van der Waals surface area contributed by atoms with Crippen molar-refractivity contribution in [1.82, 2.24) is 5.48 Å². The maximum Gasteiger partial charge on any atom is 0.0705 e. The SMILES string of the molecule is CC(C)CONC1CC(c2ccccc2Cl)C1. The van der Waals surface area contributed by atoms with Gasteiger partial charge in [-0.2, -0.15) is 5.48 Å². The smallest absolute Gasteiger partial charge is 0.0705 e. The molecule has 0 unspecified atom stereocenters. The van der Waals surface area contributed by atoms with Crippen LogP contribution in [0.1, 0.15) is 38.2 Å². The Kier molecular flexibility index (Phi) is 4.43. The average molecular weight is 254 g/mol. The van der Waals surface area contributed by atoms with Crippen LogP contribution in [0.3, 0.4) is 0 Å². The molecule has 1 fully saturated rings. The minimum atomic E-state index is 0.482. The average Bonchev–Trinajstić information content (AvgIpc) is 2.23. The van der Waals surface area contributed by atoms with E-state index in [0.717, 1.165) is 24.5 Å². The van der Waals surface area contributed by atoms with Crippen LogP contribution in [0.15, 0.2) is 24.3 Å². The van der Waals surface area contributed by atoms with Crippen LogP contribution in [0.4, 0.5) is 0 Å². The van der Waals surface area contributed by atoms with Crippen LogP contribution in [0, 0.1) is 5.92 Å². The normalized spacial score (nSPS) is 23.8. The maximum absolute atomic E-state index is 6.17. The Morgan fingerprint density at radius 3 is 2.71 bits per heavy atom. The molecule has 2 rings (SSSR count). The summed E-state index contributed by atoms with van der Waals surface area (Å²) >= 11 is 6.17. The van der Waals surface area contributed by atoms with Crippen molar-refractivity contribution in [3.63, 3.8) is 0 Å². The monoisotopic (exact) mass is 253 g/mol. The zero-order valence-electron chi connectivity index (χ0n) is 10.4. The summed E-state index contributed by atoms with van der Waals surface area (Å²) in [7, 11) is 0.